The minimum absolute atomic E-state index is 0.134. The first kappa shape index (κ1) is 20.3. The van der Waals surface area contributed by atoms with Gasteiger partial charge in [0.05, 0.1) is 0 Å². The monoisotopic (exact) mass is 425 g/mol. The quantitative estimate of drug-likeness (QED) is 0.625. The first-order valence-corrected chi connectivity index (χ1v) is 11.3. The highest BCUT2D eigenvalue weighted by molar-refractivity contribution is 6.04. The van der Waals surface area contributed by atoms with Crippen LogP contribution in [0.25, 0.3) is 0 Å². The lowest BCUT2D eigenvalue weighted by Gasteiger charge is -2.31. The van der Waals surface area contributed by atoms with Crippen molar-refractivity contribution in [2.45, 2.75) is 32.2 Å². The summed E-state index contributed by atoms with van der Waals surface area (Å²) in [6, 6.07) is 23.9. The second kappa shape index (κ2) is 8.87. The van der Waals surface area contributed by atoms with Gasteiger partial charge >= 0.3 is 0 Å². The van der Waals surface area contributed by atoms with Crippen LogP contribution in [0.15, 0.2) is 72.8 Å². The van der Waals surface area contributed by atoms with Crippen LogP contribution < -0.4 is 15.1 Å². The molecule has 1 N–H and O–H groups in total. The lowest BCUT2D eigenvalue weighted by atomic mass is 10.0. The molecule has 0 atom stereocenters. The van der Waals surface area contributed by atoms with Gasteiger partial charge in [0, 0.05) is 48.7 Å². The summed E-state index contributed by atoms with van der Waals surface area (Å²) in [5.41, 5.74) is 6.16. The summed E-state index contributed by atoms with van der Waals surface area (Å²) in [6.07, 6.45) is 3.82. The Morgan fingerprint density at radius 1 is 0.844 bits per heavy atom. The molecule has 3 aromatic carbocycles. The molecule has 162 valence electrons. The number of anilines is 3. The molecule has 0 spiro atoms. The van der Waals surface area contributed by atoms with Crippen LogP contribution in [0.1, 0.15) is 40.7 Å². The van der Waals surface area contributed by atoms with Crippen molar-refractivity contribution in [3.63, 3.8) is 0 Å². The largest absolute Gasteiger partial charge is 0.367 e. The molecule has 0 aliphatic carbocycles. The van der Waals surface area contributed by atoms with E-state index in [1.807, 2.05) is 48.5 Å². The van der Waals surface area contributed by atoms with E-state index in [9.17, 15) is 9.59 Å². The summed E-state index contributed by atoms with van der Waals surface area (Å²) >= 11 is 0. The van der Waals surface area contributed by atoms with Gasteiger partial charge in [-0.15, -0.1) is 0 Å². The van der Waals surface area contributed by atoms with Crippen LogP contribution >= 0.6 is 0 Å². The van der Waals surface area contributed by atoms with Gasteiger partial charge < -0.3 is 15.1 Å². The predicted octanol–water partition coefficient (Wildman–Crippen LogP) is 5.02. The predicted molar refractivity (Wildman–Crippen MR) is 128 cm³/mol. The molecule has 0 saturated carbocycles. The average Bonchev–Trinajstić information content (AvgIpc) is 3.26. The zero-order valence-electron chi connectivity index (χ0n) is 18.1. The Kier molecular flexibility index (Phi) is 5.63. The molecule has 5 rings (SSSR count). The van der Waals surface area contributed by atoms with Crippen molar-refractivity contribution >= 4 is 28.9 Å². The molecule has 0 radical (unpaired) electrons. The number of rotatable bonds is 5. The van der Waals surface area contributed by atoms with E-state index in [1.165, 1.54) is 23.2 Å². The van der Waals surface area contributed by atoms with Crippen LogP contribution in [-0.4, -0.2) is 24.9 Å². The molecule has 2 amide bonds. The number of carbonyl (C=O) groups excluding carboxylic acids is 2. The summed E-state index contributed by atoms with van der Waals surface area (Å²) in [6.45, 7) is 2.66. The molecule has 1 fully saturated rings. The smallest absolute Gasteiger partial charge is 0.255 e. The second-order valence-electron chi connectivity index (χ2n) is 8.50. The number of aryl methyl sites for hydroxylation is 1. The minimum Gasteiger partial charge on any atom is -0.367 e. The van der Waals surface area contributed by atoms with Crippen LogP contribution in [0.4, 0.5) is 17.1 Å². The zero-order chi connectivity index (χ0) is 21.9. The van der Waals surface area contributed by atoms with Crippen LogP contribution in [0, 0.1) is 0 Å². The maximum Gasteiger partial charge on any atom is 0.255 e. The normalized spacial score (nSPS) is 15.6. The van der Waals surface area contributed by atoms with E-state index >= 15 is 0 Å². The summed E-state index contributed by atoms with van der Waals surface area (Å²) in [5.74, 6) is 0.0276. The molecule has 0 unspecified atom stereocenters. The lowest BCUT2D eigenvalue weighted by molar-refractivity contribution is -0.117. The lowest BCUT2D eigenvalue weighted by Crippen LogP contribution is -2.28. The van der Waals surface area contributed by atoms with Gasteiger partial charge in [0.1, 0.15) is 0 Å². The molecule has 0 bridgehead atoms. The van der Waals surface area contributed by atoms with E-state index in [0.717, 1.165) is 43.9 Å². The SMILES string of the molecule is O=C(Nc1ccc(N2CCCC2=O)cc1)c1ccc(CN2CCCc3ccccc32)cc1. The number of nitrogens with zero attached hydrogens (tertiary/aromatic N) is 2. The van der Waals surface area contributed by atoms with E-state index in [1.54, 1.807) is 4.90 Å². The Labute approximate surface area is 188 Å². The van der Waals surface area contributed by atoms with Crippen LogP contribution in [-0.2, 0) is 17.8 Å². The fourth-order valence-electron chi connectivity index (χ4n) is 4.61. The Morgan fingerprint density at radius 3 is 2.34 bits per heavy atom. The van der Waals surface area contributed by atoms with Crippen LogP contribution in [0.3, 0.4) is 0 Å². The number of nitrogens with one attached hydrogen (secondary N) is 1. The molecular weight excluding hydrogens is 398 g/mol. The molecule has 5 nitrogen and oxygen atoms in total. The van der Waals surface area contributed by atoms with Crippen LogP contribution in [0.2, 0.25) is 0 Å². The minimum atomic E-state index is -0.134. The van der Waals surface area contributed by atoms with Crippen molar-refractivity contribution in [2.75, 3.05) is 28.2 Å². The second-order valence-corrected chi connectivity index (χ2v) is 8.50. The van der Waals surface area contributed by atoms with E-state index < -0.39 is 0 Å². The third kappa shape index (κ3) is 4.24. The highest BCUT2D eigenvalue weighted by Crippen LogP contribution is 2.28. The van der Waals surface area contributed by atoms with Crippen molar-refractivity contribution in [3.05, 3.63) is 89.5 Å². The first-order chi connectivity index (χ1) is 15.7. The van der Waals surface area contributed by atoms with Gasteiger partial charge in [0.2, 0.25) is 5.91 Å². The first-order valence-electron chi connectivity index (χ1n) is 11.3. The molecular formula is C27H27N3O2. The Hall–Kier alpha value is -3.60. The molecule has 2 aliphatic rings. The maximum atomic E-state index is 12.7. The third-order valence-electron chi connectivity index (χ3n) is 6.31. The van der Waals surface area contributed by atoms with E-state index in [-0.39, 0.29) is 11.8 Å². The molecule has 3 aromatic rings. The van der Waals surface area contributed by atoms with Gasteiger partial charge in [0.15, 0.2) is 0 Å². The topological polar surface area (TPSA) is 52.7 Å². The van der Waals surface area contributed by atoms with Crippen LogP contribution in [0.5, 0.6) is 0 Å². The molecule has 32 heavy (non-hydrogen) atoms. The van der Waals surface area contributed by atoms with Gasteiger partial charge in [-0.1, -0.05) is 30.3 Å². The van der Waals surface area contributed by atoms with Crippen molar-refractivity contribution in [3.8, 4) is 0 Å². The van der Waals surface area contributed by atoms with Crippen molar-refractivity contribution in [2.24, 2.45) is 0 Å². The molecule has 0 aromatic heterocycles. The maximum absolute atomic E-state index is 12.7. The Morgan fingerprint density at radius 2 is 1.59 bits per heavy atom. The van der Waals surface area contributed by atoms with E-state index in [2.05, 4.69) is 34.5 Å². The summed E-state index contributed by atoms with van der Waals surface area (Å²) in [4.78, 5) is 28.8. The summed E-state index contributed by atoms with van der Waals surface area (Å²) < 4.78 is 0. The van der Waals surface area contributed by atoms with Crippen molar-refractivity contribution in [1.29, 1.82) is 0 Å². The Balaban J connectivity index is 1.22. The number of hydrogen-bond donors (Lipinski definition) is 1. The van der Waals surface area contributed by atoms with Crippen molar-refractivity contribution in [1.82, 2.24) is 0 Å². The average molecular weight is 426 g/mol. The summed E-state index contributed by atoms with van der Waals surface area (Å²) in [7, 11) is 0. The highest BCUT2D eigenvalue weighted by Gasteiger charge is 2.21. The molecule has 5 heteroatoms. The van der Waals surface area contributed by atoms with Gasteiger partial charge in [-0.3, -0.25) is 9.59 Å². The fourth-order valence-corrected chi connectivity index (χ4v) is 4.61. The number of amides is 2. The zero-order valence-corrected chi connectivity index (χ0v) is 18.1. The highest BCUT2D eigenvalue weighted by atomic mass is 16.2. The molecule has 2 aliphatic heterocycles. The fraction of sp³-hybridized carbons (Fsp3) is 0.259. The van der Waals surface area contributed by atoms with Gasteiger partial charge in [-0.2, -0.15) is 0 Å². The standard InChI is InChI=1S/C27H27N3O2/c31-26-8-4-18-30(26)24-15-13-23(14-16-24)28-27(32)22-11-9-20(10-12-22)19-29-17-3-6-21-5-1-2-7-25(21)29/h1-2,5,7,9-16H,3-4,6,8,17-19H2,(H,28,32). The number of para-hydroxylation sites is 1. The van der Waals surface area contributed by atoms with Gasteiger partial charge in [-0.25, -0.2) is 0 Å². The summed E-state index contributed by atoms with van der Waals surface area (Å²) in [5, 5.41) is 2.95. The van der Waals surface area contributed by atoms with E-state index in [0.29, 0.717) is 12.0 Å². The number of benzene rings is 3. The Bertz CT molecular complexity index is 1120. The molecule has 1 saturated heterocycles. The number of fused-ring (bicyclic) bond motifs is 1. The third-order valence-corrected chi connectivity index (χ3v) is 6.31. The molecule has 2 heterocycles. The van der Waals surface area contributed by atoms with E-state index in [4.69, 9.17) is 0 Å². The van der Waals surface area contributed by atoms with Crippen molar-refractivity contribution < 1.29 is 9.59 Å². The van der Waals surface area contributed by atoms with Gasteiger partial charge in [0.25, 0.3) is 5.91 Å². The van der Waals surface area contributed by atoms with Gasteiger partial charge in [-0.05, 0) is 72.9 Å². The number of carbonyl (C=O) groups is 2. The number of hydrogen-bond acceptors (Lipinski definition) is 3.